The summed E-state index contributed by atoms with van der Waals surface area (Å²) in [6.45, 7) is 3.30. The summed E-state index contributed by atoms with van der Waals surface area (Å²) in [4.78, 5) is 26.5. The zero-order valence-electron chi connectivity index (χ0n) is 18.5. The number of hydrogen-bond acceptors (Lipinski definition) is 6. The first-order valence-electron chi connectivity index (χ1n) is 11.4. The van der Waals surface area contributed by atoms with Gasteiger partial charge in [0.2, 0.25) is 0 Å². The molecule has 5 heterocycles. The number of aryl methyl sites for hydroxylation is 1. The molecule has 1 aliphatic carbocycles. The lowest BCUT2D eigenvalue weighted by Gasteiger charge is -2.59. The number of nitrogens with zero attached hydrogens (tertiary/aromatic N) is 6. The average Bonchev–Trinajstić information content (AvgIpc) is 3.36. The van der Waals surface area contributed by atoms with E-state index in [9.17, 15) is 4.79 Å². The quantitative estimate of drug-likeness (QED) is 0.511. The Kier molecular flexibility index (Phi) is 4.60. The van der Waals surface area contributed by atoms with Crippen molar-refractivity contribution in [2.75, 3.05) is 18.4 Å². The molecular weight excluding hydrogens is 414 g/mol. The van der Waals surface area contributed by atoms with Crippen molar-refractivity contribution < 1.29 is 4.79 Å². The molecule has 0 atom stereocenters. The molecule has 0 unspecified atom stereocenters. The third-order valence-corrected chi connectivity index (χ3v) is 7.00. The minimum Gasteiger partial charge on any atom is -0.368 e. The normalized spacial score (nSPS) is 21.6. The summed E-state index contributed by atoms with van der Waals surface area (Å²) in [6.07, 6.45) is 8.13. The first kappa shape index (κ1) is 19.8. The lowest BCUT2D eigenvalue weighted by Crippen LogP contribution is -2.67. The van der Waals surface area contributed by atoms with E-state index in [1.807, 2.05) is 42.3 Å². The Morgan fingerprint density at radius 1 is 1.12 bits per heavy atom. The highest BCUT2D eigenvalue weighted by molar-refractivity contribution is 5.96. The van der Waals surface area contributed by atoms with Crippen LogP contribution >= 0.6 is 0 Å². The summed E-state index contributed by atoms with van der Waals surface area (Å²) in [5, 5.41) is 14.2. The fourth-order valence-electron chi connectivity index (χ4n) is 5.32. The highest BCUT2D eigenvalue weighted by Crippen LogP contribution is 2.49. The van der Waals surface area contributed by atoms with Crippen molar-refractivity contribution in [1.29, 1.82) is 0 Å². The molecule has 2 aliphatic heterocycles. The molecule has 4 aromatic rings. The van der Waals surface area contributed by atoms with Gasteiger partial charge in [-0.3, -0.25) is 4.79 Å². The maximum atomic E-state index is 13.8. The van der Waals surface area contributed by atoms with Crippen molar-refractivity contribution in [3.05, 3.63) is 72.4 Å². The van der Waals surface area contributed by atoms with Gasteiger partial charge < -0.3 is 10.2 Å². The Hall–Kier alpha value is -3.81. The van der Waals surface area contributed by atoms with Crippen LogP contribution in [0, 0.1) is 12.8 Å². The molecule has 3 aliphatic rings. The summed E-state index contributed by atoms with van der Waals surface area (Å²) in [5.74, 6) is 1.45. The number of rotatable bonds is 5. The largest absolute Gasteiger partial charge is 0.368 e. The van der Waals surface area contributed by atoms with Gasteiger partial charge in [0, 0.05) is 30.4 Å². The van der Waals surface area contributed by atoms with Crippen LogP contribution in [0.15, 0.2) is 61.1 Å². The molecule has 3 fully saturated rings. The number of benzene rings is 1. The number of aromatic nitrogens is 5. The minimum absolute atomic E-state index is 0.0579. The van der Waals surface area contributed by atoms with Gasteiger partial charge in [-0.15, -0.1) is 4.80 Å². The van der Waals surface area contributed by atoms with Gasteiger partial charge in [-0.25, -0.2) is 9.97 Å². The van der Waals surface area contributed by atoms with E-state index in [4.69, 9.17) is 0 Å². The Bertz CT molecular complexity index is 1330. The van der Waals surface area contributed by atoms with Crippen LogP contribution in [0.4, 0.5) is 5.82 Å². The number of carbonyl (C=O) groups excluding carboxylic acids is 1. The molecule has 7 rings (SSSR count). The second-order valence-corrected chi connectivity index (χ2v) is 9.15. The van der Waals surface area contributed by atoms with Crippen molar-refractivity contribution in [2.45, 2.75) is 31.7 Å². The van der Waals surface area contributed by atoms with Crippen LogP contribution in [0.1, 0.15) is 35.4 Å². The number of amides is 1. The lowest BCUT2D eigenvalue weighted by atomic mass is 9.62. The monoisotopic (exact) mass is 439 g/mol. The van der Waals surface area contributed by atoms with Crippen LogP contribution in [-0.4, -0.2) is 54.4 Å². The number of nitrogens with one attached hydrogen (secondary N) is 1. The SMILES string of the molecule is Cc1ccc(-n2nccn2)c(C(=O)N2CCC3CC2(CNc2cc4ccccc4cn2)C3)n1. The highest BCUT2D eigenvalue weighted by Gasteiger charge is 2.54. The van der Waals surface area contributed by atoms with Gasteiger partial charge in [0.05, 0.1) is 17.9 Å². The molecule has 3 aromatic heterocycles. The van der Waals surface area contributed by atoms with Crippen molar-refractivity contribution in [3.8, 4) is 5.69 Å². The maximum Gasteiger partial charge on any atom is 0.275 e. The fourth-order valence-corrected chi connectivity index (χ4v) is 5.32. The zero-order valence-corrected chi connectivity index (χ0v) is 18.5. The molecule has 1 N–H and O–H groups in total. The smallest absolute Gasteiger partial charge is 0.275 e. The first-order valence-corrected chi connectivity index (χ1v) is 11.4. The Morgan fingerprint density at radius 3 is 2.73 bits per heavy atom. The number of hydrogen-bond donors (Lipinski definition) is 1. The minimum atomic E-state index is -0.229. The summed E-state index contributed by atoms with van der Waals surface area (Å²) < 4.78 is 0. The predicted octanol–water partition coefficient (Wildman–Crippen LogP) is 3.63. The van der Waals surface area contributed by atoms with Crippen molar-refractivity contribution in [2.24, 2.45) is 5.92 Å². The summed E-state index contributed by atoms with van der Waals surface area (Å²) in [5.41, 5.74) is 1.58. The van der Waals surface area contributed by atoms with Crippen LogP contribution in [0.5, 0.6) is 0 Å². The van der Waals surface area contributed by atoms with Crippen LogP contribution in [0.2, 0.25) is 0 Å². The molecule has 33 heavy (non-hydrogen) atoms. The van der Waals surface area contributed by atoms with Gasteiger partial charge in [-0.1, -0.05) is 24.3 Å². The van der Waals surface area contributed by atoms with E-state index in [1.165, 1.54) is 4.80 Å². The van der Waals surface area contributed by atoms with Crippen molar-refractivity contribution >= 4 is 22.5 Å². The second-order valence-electron chi connectivity index (χ2n) is 9.15. The Labute approximate surface area is 191 Å². The third-order valence-electron chi connectivity index (χ3n) is 7.00. The van der Waals surface area contributed by atoms with Crippen LogP contribution in [0.3, 0.4) is 0 Å². The van der Waals surface area contributed by atoms with Gasteiger partial charge in [-0.05, 0) is 55.7 Å². The number of anilines is 1. The van der Waals surface area contributed by atoms with Crippen molar-refractivity contribution in [1.82, 2.24) is 29.9 Å². The summed E-state index contributed by atoms with van der Waals surface area (Å²) >= 11 is 0. The number of carbonyl (C=O) groups is 1. The predicted molar refractivity (Wildman–Crippen MR) is 125 cm³/mol. The Morgan fingerprint density at radius 2 is 1.91 bits per heavy atom. The maximum absolute atomic E-state index is 13.8. The van der Waals surface area contributed by atoms with Crippen LogP contribution < -0.4 is 5.32 Å². The van der Waals surface area contributed by atoms with E-state index in [2.05, 4.69) is 43.7 Å². The van der Waals surface area contributed by atoms with E-state index in [0.29, 0.717) is 23.8 Å². The highest BCUT2D eigenvalue weighted by atomic mass is 16.2. The molecule has 2 bridgehead atoms. The number of piperidine rings is 2. The van der Waals surface area contributed by atoms with Crippen LogP contribution in [-0.2, 0) is 0 Å². The van der Waals surface area contributed by atoms with Gasteiger partial charge in [0.15, 0.2) is 5.69 Å². The molecule has 0 spiro atoms. The number of fused-ring (bicyclic) bond motifs is 3. The molecule has 1 aromatic carbocycles. The fraction of sp³-hybridized carbons (Fsp3) is 0.320. The standard InChI is InChI=1S/C25H25N7O/c1-17-6-7-21(32-28-9-10-29-32)23(30-17)24(33)31-11-8-18-13-25(31,14-18)16-27-22-12-19-4-2-3-5-20(19)15-26-22/h2-7,9-10,12,15,18H,8,11,13-14,16H2,1H3,(H,26,27). The van der Waals surface area contributed by atoms with E-state index >= 15 is 0 Å². The molecule has 1 saturated carbocycles. The van der Waals surface area contributed by atoms with Crippen LogP contribution in [0.25, 0.3) is 16.5 Å². The number of pyridine rings is 2. The Balaban J connectivity index is 1.29. The topological polar surface area (TPSA) is 88.8 Å². The molecule has 166 valence electrons. The lowest BCUT2D eigenvalue weighted by molar-refractivity contribution is -0.0490. The molecule has 0 radical (unpaired) electrons. The second kappa shape index (κ2) is 7.65. The molecule has 8 heteroatoms. The molecule has 8 nitrogen and oxygen atoms in total. The third kappa shape index (κ3) is 3.42. The molecule has 1 amide bonds. The summed E-state index contributed by atoms with van der Waals surface area (Å²) in [7, 11) is 0. The molecular formula is C25H25N7O. The summed E-state index contributed by atoms with van der Waals surface area (Å²) in [6, 6.07) is 14.0. The molecule has 2 saturated heterocycles. The van der Waals surface area contributed by atoms with E-state index in [1.54, 1.807) is 12.4 Å². The van der Waals surface area contributed by atoms with E-state index in [0.717, 1.165) is 48.1 Å². The van der Waals surface area contributed by atoms with E-state index in [-0.39, 0.29) is 11.4 Å². The van der Waals surface area contributed by atoms with Crippen molar-refractivity contribution in [3.63, 3.8) is 0 Å². The van der Waals surface area contributed by atoms with Gasteiger partial charge in [-0.2, -0.15) is 10.2 Å². The average molecular weight is 440 g/mol. The van der Waals surface area contributed by atoms with Gasteiger partial charge in [0.25, 0.3) is 5.91 Å². The first-order chi connectivity index (χ1) is 16.1. The van der Waals surface area contributed by atoms with Gasteiger partial charge in [0.1, 0.15) is 11.5 Å². The van der Waals surface area contributed by atoms with E-state index < -0.39 is 0 Å². The zero-order chi connectivity index (χ0) is 22.4. The van der Waals surface area contributed by atoms with Gasteiger partial charge >= 0.3 is 0 Å².